The third-order valence-corrected chi connectivity index (χ3v) is 3.36. The first-order chi connectivity index (χ1) is 8.08. The van der Waals surface area contributed by atoms with Gasteiger partial charge in [0.2, 0.25) is 5.91 Å². The maximum atomic E-state index is 11.6. The summed E-state index contributed by atoms with van der Waals surface area (Å²) in [6, 6.07) is 7.24. The lowest BCUT2D eigenvalue weighted by atomic mass is 10.2. The first-order valence-electron chi connectivity index (χ1n) is 5.85. The van der Waals surface area contributed by atoms with Crippen molar-refractivity contribution in [3.8, 4) is 0 Å². The molecule has 1 aromatic carbocycles. The molecule has 0 unspecified atom stereocenters. The summed E-state index contributed by atoms with van der Waals surface area (Å²) in [6.07, 6.45) is 1.48. The Morgan fingerprint density at radius 1 is 1.47 bits per heavy atom. The van der Waals surface area contributed by atoms with Gasteiger partial charge in [0.15, 0.2) is 0 Å². The van der Waals surface area contributed by atoms with E-state index in [0.29, 0.717) is 17.4 Å². The lowest BCUT2D eigenvalue weighted by Crippen LogP contribution is -2.11. The highest BCUT2D eigenvalue weighted by Gasteiger charge is 2.03. The molecule has 0 bridgehead atoms. The molecule has 0 aliphatic rings. The van der Waals surface area contributed by atoms with Crippen LogP contribution in [0.5, 0.6) is 0 Å². The Bertz CT molecular complexity index is 366. The van der Waals surface area contributed by atoms with Gasteiger partial charge in [-0.3, -0.25) is 4.79 Å². The molecule has 0 saturated heterocycles. The van der Waals surface area contributed by atoms with Gasteiger partial charge in [0.1, 0.15) is 0 Å². The van der Waals surface area contributed by atoms with Crippen molar-refractivity contribution < 1.29 is 4.79 Å². The quantitative estimate of drug-likeness (QED) is 0.604. The van der Waals surface area contributed by atoms with Gasteiger partial charge in [0, 0.05) is 17.8 Å². The number of hydrogen-bond acceptors (Lipinski definition) is 3. The average molecular weight is 252 g/mol. The Morgan fingerprint density at radius 3 is 2.88 bits per heavy atom. The minimum absolute atomic E-state index is 0.0555. The normalized spacial score (nSPS) is 10.5. The van der Waals surface area contributed by atoms with E-state index in [2.05, 4.69) is 19.2 Å². The van der Waals surface area contributed by atoms with Gasteiger partial charge in [-0.1, -0.05) is 19.9 Å². The van der Waals surface area contributed by atoms with E-state index >= 15 is 0 Å². The molecule has 0 heterocycles. The van der Waals surface area contributed by atoms with E-state index in [1.54, 1.807) is 12.1 Å². The molecule has 1 aromatic rings. The highest BCUT2D eigenvalue weighted by Crippen LogP contribution is 2.14. The van der Waals surface area contributed by atoms with E-state index in [1.807, 2.05) is 23.9 Å². The number of carbonyl (C=O) groups is 1. The molecule has 0 saturated carbocycles. The largest absolute Gasteiger partial charge is 0.399 e. The van der Waals surface area contributed by atoms with Crippen LogP contribution in [0.3, 0.4) is 0 Å². The predicted molar refractivity (Wildman–Crippen MR) is 76.3 cm³/mol. The first-order valence-corrected chi connectivity index (χ1v) is 6.90. The molecule has 0 fully saturated rings. The SMILES string of the molecule is CC(C)SCCCC(=O)Nc1cccc(N)c1. The smallest absolute Gasteiger partial charge is 0.224 e. The molecular weight excluding hydrogens is 232 g/mol. The van der Waals surface area contributed by atoms with Crippen molar-refractivity contribution in [1.29, 1.82) is 0 Å². The zero-order valence-electron chi connectivity index (χ0n) is 10.4. The molecule has 0 aliphatic heterocycles. The van der Waals surface area contributed by atoms with Crippen LogP contribution in [0.4, 0.5) is 11.4 Å². The van der Waals surface area contributed by atoms with Crippen molar-refractivity contribution >= 4 is 29.0 Å². The fraction of sp³-hybridized carbons (Fsp3) is 0.462. The van der Waals surface area contributed by atoms with Crippen LogP contribution in [0.1, 0.15) is 26.7 Å². The molecule has 94 valence electrons. The number of thioether (sulfide) groups is 1. The molecule has 3 nitrogen and oxygen atoms in total. The number of carbonyl (C=O) groups excluding carboxylic acids is 1. The van der Waals surface area contributed by atoms with Crippen LogP contribution in [0.15, 0.2) is 24.3 Å². The average Bonchev–Trinajstić information content (AvgIpc) is 2.24. The fourth-order valence-electron chi connectivity index (χ4n) is 1.39. The van der Waals surface area contributed by atoms with Crippen LogP contribution in [0.25, 0.3) is 0 Å². The molecular formula is C13H20N2OS. The van der Waals surface area contributed by atoms with E-state index in [4.69, 9.17) is 5.73 Å². The van der Waals surface area contributed by atoms with Crippen molar-refractivity contribution in [3.05, 3.63) is 24.3 Å². The summed E-state index contributed by atoms with van der Waals surface area (Å²) in [7, 11) is 0. The zero-order valence-corrected chi connectivity index (χ0v) is 11.2. The number of nitrogen functional groups attached to an aromatic ring is 1. The van der Waals surface area contributed by atoms with Crippen LogP contribution in [0, 0.1) is 0 Å². The zero-order chi connectivity index (χ0) is 12.7. The number of anilines is 2. The van der Waals surface area contributed by atoms with Gasteiger partial charge < -0.3 is 11.1 Å². The van der Waals surface area contributed by atoms with E-state index in [1.165, 1.54) is 0 Å². The monoisotopic (exact) mass is 252 g/mol. The summed E-state index contributed by atoms with van der Waals surface area (Å²) < 4.78 is 0. The molecule has 0 spiro atoms. The summed E-state index contributed by atoms with van der Waals surface area (Å²) in [6.45, 7) is 4.33. The van der Waals surface area contributed by atoms with Gasteiger partial charge in [-0.05, 0) is 35.6 Å². The van der Waals surface area contributed by atoms with Crippen LogP contribution < -0.4 is 11.1 Å². The van der Waals surface area contributed by atoms with E-state index in [9.17, 15) is 4.79 Å². The van der Waals surface area contributed by atoms with Gasteiger partial charge in [-0.2, -0.15) is 11.8 Å². The molecule has 3 N–H and O–H groups in total. The number of amides is 1. The molecule has 0 atom stereocenters. The third kappa shape index (κ3) is 6.22. The summed E-state index contributed by atoms with van der Waals surface area (Å²) in [5.74, 6) is 1.09. The van der Waals surface area contributed by atoms with Crippen LogP contribution >= 0.6 is 11.8 Å². The number of rotatable bonds is 6. The van der Waals surface area contributed by atoms with Crippen molar-refractivity contribution in [2.45, 2.75) is 31.9 Å². The number of hydrogen-bond donors (Lipinski definition) is 2. The molecule has 0 radical (unpaired) electrons. The molecule has 0 aromatic heterocycles. The Hall–Kier alpha value is -1.16. The second-order valence-corrected chi connectivity index (χ2v) is 5.88. The van der Waals surface area contributed by atoms with E-state index in [-0.39, 0.29) is 5.91 Å². The maximum Gasteiger partial charge on any atom is 0.224 e. The Balaban J connectivity index is 2.25. The maximum absolute atomic E-state index is 11.6. The first kappa shape index (κ1) is 13.9. The van der Waals surface area contributed by atoms with Gasteiger partial charge >= 0.3 is 0 Å². The van der Waals surface area contributed by atoms with Crippen LogP contribution in [-0.4, -0.2) is 16.9 Å². The van der Waals surface area contributed by atoms with E-state index < -0.39 is 0 Å². The van der Waals surface area contributed by atoms with Gasteiger partial charge in [-0.25, -0.2) is 0 Å². The third-order valence-electron chi connectivity index (χ3n) is 2.17. The Morgan fingerprint density at radius 2 is 2.24 bits per heavy atom. The van der Waals surface area contributed by atoms with Gasteiger partial charge in [-0.15, -0.1) is 0 Å². The lowest BCUT2D eigenvalue weighted by Gasteiger charge is -2.06. The van der Waals surface area contributed by atoms with E-state index in [0.717, 1.165) is 17.9 Å². The van der Waals surface area contributed by atoms with Gasteiger partial charge in [0.25, 0.3) is 0 Å². The topological polar surface area (TPSA) is 55.1 Å². The second kappa shape index (κ2) is 7.22. The van der Waals surface area contributed by atoms with Crippen LogP contribution in [0.2, 0.25) is 0 Å². The number of benzene rings is 1. The molecule has 17 heavy (non-hydrogen) atoms. The van der Waals surface area contributed by atoms with Gasteiger partial charge in [0.05, 0.1) is 0 Å². The Kier molecular flexibility index (Phi) is 5.91. The second-order valence-electron chi connectivity index (χ2n) is 4.20. The van der Waals surface area contributed by atoms with Crippen LogP contribution in [-0.2, 0) is 4.79 Å². The van der Waals surface area contributed by atoms with Crippen molar-refractivity contribution in [3.63, 3.8) is 0 Å². The standard InChI is InChI=1S/C13H20N2OS/c1-10(2)17-8-4-7-13(16)15-12-6-3-5-11(14)9-12/h3,5-6,9-10H,4,7-8,14H2,1-2H3,(H,15,16). The van der Waals surface area contributed by atoms with Crippen molar-refractivity contribution in [1.82, 2.24) is 0 Å². The predicted octanol–water partition coefficient (Wildman–Crippen LogP) is 3.13. The summed E-state index contributed by atoms with van der Waals surface area (Å²) in [5, 5.41) is 3.47. The summed E-state index contributed by atoms with van der Waals surface area (Å²) in [4.78, 5) is 11.6. The number of nitrogens with one attached hydrogen (secondary N) is 1. The summed E-state index contributed by atoms with van der Waals surface area (Å²) in [5.41, 5.74) is 7.07. The minimum Gasteiger partial charge on any atom is -0.399 e. The molecule has 1 amide bonds. The molecule has 1 rings (SSSR count). The Labute approximate surface area is 107 Å². The molecule has 4 heteroatoms. The summed E-state index contributed by atoms with van der Waals surface area (Å²) >= 11 is 1.88. The highest BCUT2D eigenvalue weighted by atomic mass is 32.2. The molecule has 0 aliphatic carbocycles. The van der Waals surface area contributed by atoms with Crippen molar-refractivity contribution in [2.24, 2.45) is 0 Å². The lowest BCUT2D eigenvalue weighted by molar-refractivity contribution is -0.116. The number of nitrogens with two attached hydrogens (primary N) is 1. The fourth-order valence-corrected chi connectivity index (χ4v) is 2.17. The minimum atomic E-state index is 0.0555. The van der Waals surface area contributed by atoms with Crippen molar-refractivity contribution in [2.75, 3.05) is 16.8 Å². The highest BCUT2D eigenvalue weighted by molar-refractivity contribution is 7.99.